The van der Waals surface area contributed by atoms with Gasteiger partial charge in [0.1, 0.15) is 5.82 Å². The molecule has 5 heteroatoms. The monoisotopic (exact) mass is 419 g/mol. The molecular weight excluding hydrogens is 386 g/mol. The van der Waals surface area contributed by atoms with Crippen LogP contribution < -0.4 is 5.56 Å². The topological polar surface area (TPSA) is 55.2 Å². The zero-order chi connectivity index (χ0) is 22.5. The van der Waals surface area contributed by atoms with E-state index < -0.39 is 0 Å². The molecule has 0 bridgehead atoms. The quantitative estimate of drug-likeness (QED) is 0.499. The van der Waals surface area contributed by atoms with E-state index in [-0.39, 0.29) is 23.6 Å². The highest BCUT2D eigenvalue weighted by molar-refractivity contribution is 5.94. The number of carbonyl (C=O) groups is 1. The summed E-state index contributed by atoms with van der Waals surface area (Å²) in [6.45, 7) is 8.23. The zero-order valence-electron chi connectivity index (χ0n) is 19.3. The van der Waals surface area contributed by atoms with Crippen LogP contribution in [0.3, 0.4) is 0 Å². The third kappa shape index (κ3) is 4.71. The molecule has 1 unspecified atom stereocenters. The van der Waals surface area contributed by atoms with Gasteiger partial charge in [-0.15, -0.1) is 0 Å². The van der Waals surface area contributed by atoms with Gasteiger partial charge in [0.2, 0.25) is 0 Å². The van der Waals surface area contributed by atoms with Crippen molar-refractivity contribution in [1.82, 2.24) is 14.5 Å². The van der Waals surface area contributed by atoms with Crippen LogP contribution in [0.4, 0.5) is 0 Å². The van der Waals surface area contributed by atoms with Gasteiger partial charge >= 0.3 is 0 Å². The number of amides is 1. The third-order valence-electron chi connectivity index (χ3n) is 5.85. The van der Waals surface area contributed by atoms with Gasteiger partial charge in [0, 0.05) is 18.7 Å². The lowest BCUT2D eigenvalue weighted by Crippen LogP contribution is -2.42. The molecule has 0 N–H and O–H groups in total. The summed E-state index contributed by atoms with van der Waals surface area (Å²) in [7, 11) is 1.74. The molecule has 0 radical (unpaired) electrons. The van der Waals surface area contributed by atoms with Crippen LogP contribution in [0, 0.1) is 0 Å². The first-order valence-corrected chi connectivity index (χ1v) is 11.3. The Morgan fingerprint density at radius 2 is 1.74 bits per heavy atom. The normalized spacial score (nSPS) is 12.3. The molecule has 0 saturated heterocycles. The Bertz CT molecular complexity index is 1100. The summed E-state index contributed by atoms with van der Waals surface area (Å²) in [5.41, 5.74) is 2.49. The van der Waals surface area contributed by atoms with E-state index in [4.69, 9.17) is 4.98 Å². The van der Waals surface area contributed by atoms with E-state index in [0.717, 1.165) is 19.3 Å². The van der Waals surface area contributed by atoms with Crippen LogP contribution in [-0.4, -0.2) is 26.4 Å². The fourth-order valence-corrected chi connectivity index (χ4v) is 4.12. The molecule has 0 aliphatic heterocycles. The molecule has 1 atom stereocenters. The molecule has 2 aromatic carbocycles. The van der Waals surface area contributed by atoms with Crippen LogP contribution in [0.15, 0.2) is 53.3 Å². The van der Waals surface area contributed by atoms with Crippen molar-refractivity contribution >= 4 is 16.8 Å². The van der Waals surface area contributed by atoms with Crippen LogP contribution in [0.1, 0.15) is 74.7 Å². The molecule has 0 aliphatic carbocycles. The largest absolute Gasteiger partial charge is 0.326 e. The highest BCUT2D eigenvalue weighted by atomic mass is 16.2. The van der Waals surface area contributed by atoms with E-state index in [9.17, 15) is 9.59 Å². The van der Waals surface area contributed by atoms with Crippen molar-refractivity contribution in [3.05, 3.63) is 75.8 Å². The smallest absolute Gasteiger partial charge is 0.261 e. The number of hydrogen-bond acceptors (Lipinski definition) is 3. The van der Waals surface area contributed by atoms with Gasteiger partial charge in [-0.1, -0.05) is 44.5 Å². The van der Waals surface area contributed by atoms with E-state index in [1.165, 1.54) is 5.56 Å². The van der Waals surface area contributed by atoms with Crippen LogP contribution in [0.2, 0.25) is 0 Å². The van der Waals surface area contributed by atoms with E-state index in [0.29, 0.717) is 28.7 Å². The van der Waals surface area contributed by atoms with Crippen molar-refractivity contribution in [2.45, 2.75) is 65.5 Å². The minimum Gasteiger partial charge on any atom is -0.326 e. The Hall–Kier alpha value is -2.95. The molecule has 31 heavy (non-hydrogen) atoms. The Labute approximate surface area is 184 Å². The maximum absolute atomic E-state index is 13.6. The third-order valence-corrected chi connectivity index (χ3v) is 5.85. The van der Waals surface area contributed by atoms with E-state index in [1.807, 2.05) is 68.1 Å². The van der Waals surface area contributed by atoms with Crippen molar-refractivity contribution in [1.29, 1.82) is 0 Å². The number of para-hydroxylation sites is 1. The van der Waals surface area contributed by atoms with E-state index in [1.54, 1.807) is 17.7 Å². The summed E-state index contributed by atoms with van der Waals surface area (Å²) < 4.78 is 1.59. The molecule has 0 fully saturated rings. The van der Waals surface area contributed by atoms with Crippen molar-refractivity contribution in [2.24, 2.45) is 7.05 Å². The minimum absolute atomic E-state index is 0.0358. The van der Waals surface area contributed by atoms with Crippen LogP contribution in [0.25, 0.3) is 10.9 Å². The van der Waals surface area contributed by atoms with Gasteiger partial charge in [-0.05, 0) is 62.9 Å². The number of aromatic nitrogens is 2. The van der Waals surface area contributed by atoms with Crippen molar-refractivity contribution < 1.29 is 4.79 Å². The Kier molecular flexibility index (Phi) is 7.26. The molecule has 0 spiro atoms. The first-order chi connectivity index (χ1) is 14.9. The number of benzene rings is 2. The van der Waals surface area contributed by atoms with Crippen LogP contribution in [0.5, 0.6) is 0 Å². The van der Waals surface area contributed by atoms with Gasteiger partial charge < -0.3 is 4.90 Å². The number of carbonyl (C=O) groups excluding carboxylic acids is 1. The van der Waals surface area contributed by atoms with Gasteiger partial charge in [0.25, 0.3) is 11.5 Å². The maximum Gasteiger partial charge on any atom is 0.261 e. The highest BCUT2D eigenvalue weighted by Crippen LogP contribution is 2.27. The van der Waals surface area contributed by atoms with Gasteiger partial charge in [0.15, 0.2) is 0 Å². The second-order valence-corrected chi connectivity index (χ2v) is 8.38. The lowest BCUT2D eigenvalue weighted by atomic mass is 10.0. The summed E-state index contributed by atoms with van der Waals surface area (Å²) in [5.74, 6) is 0.583. The number of nitrogens with zero attached hydrogens (tertiary/aromatic N) is 3. The minimum atomic E-state index is -0.297. The molecule has 0 saturated carbocycles. The number of fused-ring (bicyclic) bond motifs is 1. The summed E-state index contributed by atoms with van der Waals surface area (Å²) in [6, 6.07) is 15.0. The first kappa shape index (κ1) is 22.7. The van der Waals surface area contributed by atoms with E-state index >= 15 is 0 Å². The number of rotatable bonds is 8. The Morgan fingerprint density at radius 3 is 2.35 bits per heavy atom. The fourth-order valence-electron chi connectivity index (χ4n) is 4.12. The van der Waals surface area contributed by atoms with Crippen molar-refractivity contribution in [3.8, 4) is 0 Å². The molecule has 1 amide bonds. The number of aryl methyl sites for hydroxylation is 1. The predicted octanol–water partition coefficient (Wildman–Crippen LogP) is 5.28. The molecular formula is C26H33N3O2. The molecule has 1 aromatic heterocycles. The second kappa shape index (κ2) is 9.90. The second-order valence-electron chi connectivity index (χ2n) is 8.38. The molecule has 1 heterocycles. The van der Waals surface area contributed by atoms with Crippen molar-refractivity contribution in [3.63, 3.8) is 0 Å². The van der Waals surface area contributed by atoms with E-state index in [2.05, 4.69) is 6.92 Å². The standard InChI is InChI=1S/C26H33N3O2/c1-6-8-11-19-14-16-20(17-15-19)25(30)29(18(3)4)23(7-2)24-27-22-13-10-9-12-21(22)26(31)28(24)5/h9-10,12-18,23H,6-8,11H2,1-5H3. The highest BCUT2D eigenvalue weighted by Gasteiger charge is 2.30. The summed E-state index contributed by atoms with van der Waals surface area (Å²) >= 11 is 0. The summed E-state index contributed by atoms with van der Waals surface area (Å²) in [5, 5.41) is 0.591. The zero-order valence-corrected chi connectivity index (χ0v) is 19.3. The Morgan fingerprint density at radius 1 is 1.06 bits per heavy atom. The average molecular weight is 420 g/mol. The lowest BCUT2D eigenvalue weighted by Gasteiger charge is -2.35. The van der Waals surface area contributed by atoms with Crippen LogP contribution in [-0.2, 0) is 13.5 Å². The first-order valence-electron chi connectivity index (χ1n) is 11.3. The van der Waals surface area contributed by atoms with Gasteiger partial charge in [-0.25, -0.2) is 4.98 Å². The molecule has 3 aromatic rings. The molecule has 3 rings (SSSR count). The molecule has 0 aliphatic rings. The summed E-state index contributed by atoms with van der Waals surface area (Å²) in [4.78, 5) is 33.2. The molecule has 5 nitrogen and oxygen atoms in total. The summed E-state index contributed by atoms with van der Waals surface area (Å²) in [6.07, 6.45) is 3.99. The van der Waals surface area contributed by atoms with Gasteiger partial charge in [-0.3, -0.25) is 14.2 Å². The van der Waals surface area contributed by atoms with Crippen molar-refractivity contribution in [2.75, 3.05) is 0 Å². The van der Waals surface area contributed by atoms with Gasteiger partial charge in [0.05, 0.1) is 16.9 Å². The molecule has 164 valence electrons. The maximum atomic E-state index is 13.6. The SMILES string of the molecule is CCCCc1ccc(C(=O)N(C(C)C)C(CC)c2nc3ccccc3c(=O)n2C)cc1. The Balaban J connectivity index is 2.01. The van der Waals surface area contributed by atoms with Crippen LogP contribution >= 0.6 is 0 Å². The van der Waals surface area contributed by atoms with Gasteiger partial charge in [-0.2, -0.15) is 0 Å². The lowest BCUT2D eigenvalue weighted by molar-refractivity contribution is 0.0583. The fraction of sp³-hybridized carbons (Fsp3) is 0.423. The predicted molar refractivity (Wildman–Crippen MR) is 126 cm³/mol. The number of hydrogen-bond donors (Lipinski definition) is 0. The average Bonchev–Trinajstić information content (AvgIpc) is 2.78. The number of unbranched alkanes of at least 4 members (excludes halogenated alkanes) is 1.